The Morgan fingerprint density at radius 2 is 2.29 bits per heavy atom. The smallest absolute Gasteiger partial charge is 0.317 e. The third-order valence-electron chi connectivity index (χ3n) is 1.97. The average Bonchev–Trinajstić information content (AvgIpc) is 2.09. The molecule has 0 saturated heterocycles. The second kappa shape index (κ2) is 4.80. The number of hydrogen-bond acceptors (Lipinski definition) is 1. The fourth-order valence-corrected chi connectivity index (χ4v) is 1.74. The van der Waals surface area contributed by atoms with Gasteiger partial charge in [0, 0.05) is 5.02 Å². The number of carbonyl (C=O) groups is 1. The van der Waals surface area contributed by atoms with Gasteiger partial charge >= 0.3 is 5.97 Å². The minimum atomic E-state index is -0.848. The summed E-state index contributed by atoms with van der Waals surface area (Å²) in [5.41, 5.74) is 2.02. The van der Waals surface area contributed by atoms with E-state index in [9.17, 15) is 4.79 Å². The van der Waals surface area contributed by atoms with Crippen molar-refractivity contribution < 1.29 is 9.90 Å². The molecule has 0 heterocycles. The second-order valence-corrected chi connectivity index (χ2v) is 4.62. The predicted octanol–water partition coefficient (Wildman–Crippen LogP) is 3.04. The number of halogens is 2. The number of carboxylic acids is 1. The molecule has 0 aliphatic heterocycles. The Bertz CT molecular complexity index is 352. The third-order valence-corrected chi connectivity index (χ3v) is 2.92. The summed E-state index contributed by atoms with van der Waals surface area (Å²) in [4.78, 5) is 10.1. The Hall–Kier alpha value is -0.540. The number of carboxylic acid groups (broad SMARTS) is 1. The Morgan fingerprint density at radius 1 is 1.64 bits per heavy atom. The van der Waals surface area contributed by atoms with Gasteiger partial charge in [0.1, 0.15) is 4.83 Å². The number of benzene rings is 1. The zero-order chi connectivity index (χ0) is 10.7. The quantitative estimate of drug-likeness (QED) is 0.862. The fraction of sp³-hybridized carbons (Fsp3) is 0.300. The summed E-state index contributed by atoms with van der Waals surface area (Å²) in [7, 11) is 0. The maximum Gasteiger partial charge on any atom is 0.317 e. The molecular weight excluding hydrogens is 267 g/mol. The lowest BCUT2D eigenvalue weighted by Crippen LogP contribution is -2.15. The molecule has 2 nitrogen and oxygen atoms in total. The Labute approximate surface area is 96.0 Å². The molecule has 0 aliphatic carbocycles. The monoisotopic (exact) mass is 276 g/mol. The van der Waals surface area contributed by atoms with E-state index in [0.717, 1.165) is 11.1 Å². The highest BCUT2D eigenvalue weighted by Crippen LogP contribution is 2.18. The van der Waals surface area contributed by atoms with Crippen LogP contribution in [0.1, 0.15) is 11.1 Å². The van der Waals surface area contributed by atoms with Crippen molar-refractivity contribution in [3.05, 3.63) is 34.3 Å². The van der Waals surface area contributed by atoms with Crippen LogP contribution in [0.5, 0.6) is 0 Å². The lowest BCUT2D eigenvalue weighted by Gasteiger charge is -2.08. The molecule has 1 aromatic carbocycles. The molecule has 1 atom stereocenters. The van der Waals surface area contributed by atoms with Crippen LogP contribution in [0, 0.1) is 6.92 Å². The summed E-state index contributed by atoms with van der Waals surface area (Å²) in [5.74, 6) is -0.848. The van der Waals surface area contributed by atoms with Gasteiger partial charge in [-0.05, 0) is 36.6 Å². The van der Waals surface area contributed by atoms with Crippen molar-refractivity contribution in [3.63, 3.8) is 0 Å². The van der Waals surface area contributed by atoms with Crippen LogP contribution < -0.4 is 0 Å². The Balaban J connectivity index is 2.82. The molecule has 1 N–H and O–H groups in total. The summed E-state index contributed by atoms with van der Waals surface area (Å²) in [6.07, 6.45) is 0.471. The standard InChI is InChI=1S/C10H10BrClO2/c1-6-4-8(12)3-2-7(6)5-9(11)10(13)14/h2-4,9H,5H2,1H3,(H,13,14)/t9-/m1/s1. The Kier molecular flexibility index (Phi) is 3.96. The minimum Gasteiger partial charge on any atom is -0.480 e. The van der Waals surface area contributed by atoms with Gasteiger partial charge in [-0.15, -0.1) is 0 Å². The van der Waals surface area contributed by atoms with Crippen molar-refractivity contribution >= 4 is 33.5 Å². The molecule has 14 heavy (non-hydrogen) atoms. The van der Waals surface area contributed by atoms with Gasteiger partial charge in [0.25, 0.3) is 0 Å². The molecule has 0 spiro atoms. The minimum absolute atomic E-state index is 0.471. The van der Waals surface area contributed by atoms with E-state index >= 15 is 0 Å². The summed E-state index contributed by atoms with van der Waals surface area (Å²) in [5, 5.41) is 9.39. The highest BCUT2D eigenvalue weighted by Gasteiger charge is 2.14. The van der Waals surface area contributed by atoms with E-state index in [0.29, 0.717) is 11.4 Å². The zero-order valence-corrected chi connectivity index (χ0v) is 9.97. The second-order valence-electron chi connectivity index (χ2n) is 3.08. The normalized spacial score (nSPS) is 12.5. The lowest BCUT2D eigenvalue weighted by atomic mass is 10.0. The van der Waals surface area contributed by atoms with Crippen molar-refractivity contribution in [2.24, 2.45) is 0 Å². The van der Waals surface area contributed by atoms with E-state index < -0.39 is 10.8 Å². The molecular formula is C10H10BrClO2. The van der Waals surface area contributed by atoms with Gasteiger partial charge in [-0.3, -0.25) is 4.79 Å². The zero-order valence-electron chi connectivity index (χ0n) is 7.63. The SMILES string of the molecule is Cc1cc(Cl)ccc1C[C@@H](Br)C(=O)O. The van der Waals surface area contributed by atoms with Gasteiger partial charge in [0.2, 0.25) is 0 Å². The molecule has 0 saturated carbocycles. The lowest BCUT2D eigenvalue weighted by molar-refractivity contribution is -0.136. The van der Waals surface area contributed by atoms with Crippen LogP contribution in [0.4, 0.5) is 0 Å². The van der Waals surface area contributed by atoms with E-state index in [2.05, 4.69) is 15.9 Å². The number of rotatable bonds is 3. The molecule has 76 valence electrons. The summed E-state index contributed by atoms with van der Waals surface area (Å²) >= 11 is 8.89. The van der Waals surface area contributed by atoms with Crippen LogP contribution in [0.3, 0.4) is 0 Å². The largest absolute Gasteiger partial charge is 0.480 e. The van der Waals surface area contributed by atoms with Crippen molar-refractivity contribution in [2.45, 2.75) is 18.2 Å². The van der Waals surface area contributed by atoms with Crippen LogP contribution in [-0.4, -0.2) is 15.9 Å². The van der Waals surface area contributed by atoms with Crippen molar-refractivity contribution in [1.29, 1.82) is 0 Å². The third kappa shape index (κ3) is 3.00. The van der Waals surface area contributed by atoms with Crippen molar-refractivity contribution in [1.82, 2.24) is 0 Å². The van der Waals surface area contributed by atoms with Gasteiger partial charge < -0.3 is 5.11 Å². The van der Waals surface area contributed by atoms with Gasteiger partial charge in [-0.25, -0.2) is 0 Å². The van der Waals surface area contributed by atoms with Gasteiger partial charge in [0.15, 0.2) is 0 Å². The van der Waals surface area contributed by atoms with Gasteiger partial charge in [-0.1, -0.05) is 33.6 Å². The van der Waals surface area contributed by atoms with E-state index in [-0.39, 0.29) is 0 Å². The van der Waals surface area contributed by atoms with Crippen LogP contribution in [0.2, 0.25) is 5.02 Å². The number of aliphatic carboxylic acids is 1. The first-order valence-electron chi connectivity index (χ1n) is 4.12. The first-order chi connectivity index (χ1) is 6.50. The van der Waals surface area contributed by atoms with E-state index in [4.69, 9.17) is 16.7 Å². The van der Waals surface area contributed by atoms with Crippen LogP contribution in [-0.2, 0) is 11.2 Å². The molecule has 0 bridgehead atoms. The summed E-state index contributed by atoms with van der Waals surface area (Å²) < 4.78 is 0. The van der Waals surface area contributed by atoms with E-state index in [1.807, 2.05) is 19.1 Å². The average molecular weight is 278 g/mol. The summed E-state index contributed by atoms with van der Waals surface area (Å²) in [6.45, 7) is 1.92. The molecule has 0 aliphatic rings. The Morgan fingerprint density at radius 3 is 2.79 bits per heavy atom. The molecule has 0 aromatic heterocycles. The fourth-order valence-electron chi connectivity index (χ4n) is 1.17. The number of aryl methyl sites for hydroxylation is 1. The van der Waals surface area contributed by atoms with Gasteiger partial charge in [-0.2, -0.15) is 0 Å². The highest BCUT2D eigenvalue weighted by molar-refractivity contribution is 9.10. The molecule has 1 rings (SSSR count). The van der Waals surface area contributed by atoms with E-state index in [1.54, 1.807) is 6.07 Å². The number of alkyl halides is 1. The van der Waals surface area contributed by atoms with Crippen LogP contribution >= 0.6 is 27.5 Å². The van der Waals surface area contributed by atoms with Crippen molar-refractivity contribution in [2.75, 3.05) is 0 Å². The maximum atomic E-state index is 10.6. The maximum absolute atomic E-state index is 10.6. The summed E-state index contributed by atoms with van der Waals surface area (Å²) in [6, 6.07) is 5.46. The van der Waals surface area contributed by atoms with Gasteiger partial charge in [0.05, 0.1) is 0 Å². The molecule has 0 amide bonds. The first kappa shape index (κ1) is 11.5. The van der Waals surface area contributed by atoms with E-state index in [1.165, 1.54) is 0 Å². The predicted molar refractivity (Wildman–Crippen MR) is 60.2 cm³/mol. The molecule has 0 fully saturated rings. The molecule has 1 aromatic rings. The number of hydrogen-bond donors (Lipinski definition) is 1. The van der Waals surface area contributed by atoms with Crippen molar-refractivity contribution in [3.8, 4) is 0 Å². The first-order valence-corrected chi connectivity index (χ1v) is 5.42. The highest BCUT2D eigenvalue weighted by atomic mass is 79.9. The molecule has 0 unspecified atom stereocenters. The van der Waals surface area contributed by atoms with Crippen LogP contribution in [0.25, 0.3) is 0 Å². The molecule has 0 radical (unpaired) electrons. The van der Waals surface area contributed by atoms with Crippen LogP contribution in [0.15, 0.2) is 18.2 Å². The topological polar surface area (TPSA) is 37.3 Å². The molecule has 4 heteroatoms.